The molecule has 2 rings (SSSR count). The fourth-order valence-corrected chi connectivity index (χ4v) is 2.21. The lowest BCUT2D eigenvalue weighted by Gasteiger charge is -2.11. The lowest BCUT2D eigenvalue weighted by atomic mass is 10.0. The minimum Gasteiger partial charge on any atom is -0.483 e. The Hall–Kier alpha value is -2.56. The lowest BCUT2D eigenvalue weighted by Crippen LogP contribution is -2.22. The average Bonchev–Trinajstić information content (AvgIpc) is 2.45. The maximum absolute atomic E-state index is 10.9. The molecule has 0 saturated carbocycles. The Morgan fingerprint density at radius 3 is 2.57 bits per heavy atom. The molecular weight excluding hydrogens is 268 g/mol. The summed E-state index contributed by atoms with van der Waals surface area (Å²) in [5.41, 5.74) is 6.22. The molecule has 0 heterocycles. The van der Waals surface area contributed by atoms with Crippen molar-refractivity contribution in [2.45, 2.75) is 13.3 Å². The first-order valence-electron chi connectivity index (χ1n) is 6.74. The molecule has 0 saturated heterocycles. The Labute approximate surface area is 123 Å². The van der Waals surface area contributed by atoms with Gasteiger partial charge in [-0.3, -0.25) is 9.59 Å². The van der Waals surface area contributed by atoms with E-state index < -0.39 is 5.91 Å². The molecule has 5 heteroatoms. The molecule has 0 aliphatic heterocycles. The zero-order valence-corrected chi connectivity index (χ0v) is 11.9. The summed E-state index contributed by atoms with van der Waals surface area (Å²) in [6.07, 6.45) is 0.732. The number of benzene rings is 2. The summed E-state index contributed by atoms with van der Waals surface area (Å²) >= 11 is 0. The number of nitrogens with one attached hydrogen (secondary N) is 1. The summed E-state index contributed by atoms with van der Waals surface area (Å²) in [6, 6.07) is 11.6. The van der Waals surface area contributed by atoms with Crippen molar-refractivity contribution in [2.75, 3.05) is 13.2 Å². The van der Waals surface area contributed by atoms with Crippen LogP contribution in [0.1, 0.15) is 12.5 Å². The molecule has 2 amide bonds. The molecule has 0 atom stereocenters. The molecule has 0 fully saturated rings. The van der Waals surface area contributed by atoms with Gasteiger partial charge in [0.15, 0.2) is 6.61 Å². The molecule has 0 aliphatic rings. The third kappa shape index (κ3) is 3.95. The second-order valence-electron chi connectivity index (χ2n) is 4.76. The molecule has 110 valence electrons. The number of primary amides is 1. The predicted octanol–water partition coefficient (Wildman–Crippen LogP) is 1.38. The second kappa shape index (κ2) is 6.74. The minimum absolute atomic E-state index is 0.0410. The summed E-state index contributed by atoms with van der Waals surface area (Å²) in [4.78, 5) is 21.8. The highest BCUT2D eigenvalue weighted by atomic mass is 16.5. The van der Waals surface area contributed by atoms with Gasteiger partial charge in [0.2, 0.25) is 5.91 Å². The highest BCUT2D eigenvalue weighted by Crippen LogP contribution is 2.28. The van der Waals surface area contributed by atoms with Crippen molar-refractivity contribution in [3.63, 3.8) is 0 Å². The molecule has 0 aliphatic carbocycles. The van der Waals surface area contributed by atoms with E-state index in [9.17, 15) is 9.59 Å². The highest BCUT2D eigenvalue weighted by Gasteiger charge is 2.07. The molecule has 2 aromatic rings. The van der Waals surface area contributed by atoms with E-state index in [1.807, 2.05) is 36.4 Å². The zero-order valence-electron chi connectivity index (χ0n) is 11.9. The van der Waals surface area contributed by atoms with Crippen molar-refractivity contribution >= 4 is 22.6 Å². The van der Waals surface area contributed by atoms with Crippen LogP contribution in [0.3, 0.4) is 0 Å². The number of ether oxygens (including phenoxy) is 1. The summed E-state index contributed by atoms with van der Waals surface area (Å²) < 4.78 is 5.43. The zero-order chi connectivity index (χ0) is 15.2. The van der Waals surface area contributed by atoms with Crippen molar-refractivity contribution in [3.8, 4) is 5.75 Å². The van der Waals surface area contributed by atoms with Gasteiger partial charge in [-0.1, -0.05) is 30.3 Å². The van der Waals surface area contributed by atoms with Crippen molar-refractivity contribution < 1.29 is 14.3 Å². The molecule has 21 heavy (non-hydrogen) atoms. The molecule has 0 spiro atoms. The first kappa shape index (κ1) is 14.8. The molecule has 5 nitrogen and oxygen atoms in total. The number of carbonyl (C=O) groups excluding carboxylic acids is 2. The van der Waals surface area contributed by atoms with Gasteiger partial charge < -0.3 is 15.8 Å². The smallest absolute Gasteiger partial charge is 0.255 e. The standard InChI is InChI=1S/C16H18N2O3/c1-11(19)18-9-8-12-4-2-6-14-13(12)5-3-7-15(14)21-10-16(17)20/h2-7H,8-10H2,1H3,(H2,17,20)(H,18,19). The minimum atomic E-state index is -0.506. The SMILES string of the molecule is CC(=O)NCCc1cccc2c(OCC(N)=O)cccc12. The van der Waals surface area contributed by atoms with E-state index in [2.05, 4.69) is 5.32 Å². The number of amides is 2. The van der Waals surface area contributed by atoms with Crippen LogP contribution in [0.5, 0.6) is 5.75 Å². The lowest BCUT2D eigenvalue weighted by molar-refractivity contribution is -0.120. The summed E-state index contributed by atoms with van der Waals surface area (Å²) in [6.45, 7) is 1.94. The number of hydrogen-bond donors (Lipinski definition) is 2. The van der Waals surface area contributed by atoms with Crippen LogP contribution in [0.2, 0.25) is 0 Å². The summed E-state index contributed by atoms with van der Waals surface area (Å²) in [5, 5.41) is 4.76. The summed E-state index contributed by atoms with van der Waals surface area (Å²) in [5.74, 6) is 0.0854. The van der Waals surface area contributed by atoms with E-state index in [1.165, 1.54) is 6.92 Å². The molecule has 0 radical (unpaired) electrons. The molecular formula is C16H18N2O3. The average molecular weight is 286 g/mol. The van der Waals surface area contributed by atoms with E-state index in [0.29, 0.717) is 12.3 Å². The molecule has 0 bridgehead atoms. The van der Waals surface area contributed by atoms with E-state index >= 15 is 0 Å². The Morgan fingerprint density at radius 1 is 1.14 bits per heavy atom. The monoisotopic (exact) mass is 286 g/mol. The van der Waals surface area contributed by atoms with Gasteiger partial charge in [0.1, 0.15) is 5.75 Å². The molecule has 3 N–H and O–H groups in total. The Balaban J connectivity index is 2.25. The van der Waals surface area contributed by atoms with Crippen molar-refractivity contribution in [3.05, 3.63) is 42.0 Å². The molecule has 0 unspecified atom stereocenters. The van der Waals surface area contributed by atoms with Gasteiger partial charge in [0.05, 0.1) is 0 Å². The normalized spacial score (nSPS) is 10.3. The van der Waals surface area contributed by atoms with Crippen LogP contribution in [0.4, 0.5) is 0 Å². The predicted molar refractivity (Wildman–Crippen MR) is 81.0 cm³/mol. The first-order valence-corrected chi connectivity index (χ1v) is 6.74. The molecule has 0 aromatic heterocycles. The Morgan fingerprint density at radius 2 is 1.86 bits per heavy atom. The van der Waals surface area contributed by atoms with Crippen LogP contribution < -0.4 is 15.8 Å². The number of hydrogen-bond acceptors (Lipinski definition) is 3. The van der Waals surface area contributed by atoms with E-state index in [-0.39, 0.29) is 12.5 Å². The van der Waals surface area contributed by atoms with E-state index in [1.54, 1.807) is 0 Å². The van der Waals surface area contributed by atoms with Crippen LogP contribution in [-0.2, 0) is 16.0 Å². The Bertz CT molecular complexity index is 668. The second-order valence-corrected chi connectivity index (χ2v) is 4.76. The number of fused-ring (bicyclic) bond motifs is 1. The largest absolute Gasteiger partial charge is 0.483 e. The van der Waals surface area contributed by atoms with Crippen LogP contribution >= 0.6 is 0 Å². The van der Waals surface area contributed by atoms with Gasteiger partial charge in [-0.25, -0.2) is 0 Å². The maximum atomic E-state index is 10.9. The van der Waals surface area contributed by atoms with Gasteiger partial charge in [0, 0.05) is 18.9 Å². The van der Waals surface area contributed by atoms with Crippen LogP contribution in [0, 0.1) is 0 Å². The molecule has 2 aromatic carbocycles. The van der Waals surface area contributed by atoms with Crippen molar-refractivity contribution in [1.29, 1.82) is 0 Å². The third-order valence-electron chi connectivity index (χ3n) is 3.11. The van der Waals surface area contributed by atoms with Crippen molar-refractivity contribution in [2.24, 2.45) is 5.73 Å². The first-order chi connectivity index (χ1) is 10.1. The van der Waals surface area contributed by atoms with Crippen LogP contribution in [-0.4, -0.2) is 25.0 Å². The van der Waals surface area contributed by atoms with E-state index in [4.69, 9.17) is 10.5 Å². The number of carbonyl (C=O) groups is 2. The van der Waals surface area contributed by atoms with Gasteiger partial charge in [-0.05, 0) is 23.4 Å². The number of nitrogens with two attached hydrogens (primary N) is 1. The van der Waals surface area contributed by atoms with E-state index in [0.717, 1.165) is 22.8 Å². The topological polar surface area (TPSA) is 81.4 Å². The van der Waals surface area contributed by atoms with Gasteiger partial charge in [0.25, 0.3) is 5.91 Å². The van der Waals surface area contributed by atoms with Crippen LogP contribution in [0.25, 0.3) is 10.8 Å². The van der Waals surface area contributed by atoms with Gasteiger partial charge in [-0.2, -0.15) is 0 Å². The quantitative estimate of drug-likeness (QED) is 0.841. The third-order valence-corrected chi connectivity index (χ3v) is 3.11. The fourth-order valence-electron chi connectivity index (χ4n) is 2.21. The summed E-state index contributed by atoms with van der Waals surface area (Å²) in [7, 11) is 0. The van der Waals surface area contributed by atoms with Crippen molar-refractivity contribution in [1.82, 2.24) is 5.32 Å². The van der Waals surface area contributed by atoms with Crippen LogP contribution in [0.15, 0.2) is 36.4 Å². The highest BCUT2D eigenvalue weighted by molar-refractivity contribution is 5.91. The fraction of sp³-hybridized carbons (Fsp3) is 0.250. The Kier molecular flexibility index (Phi) is 4.77. The van der Waals surface area contributed by atoms with Gasteiger partial charge in [-0.15, -0.1) is 0 Å². The number of rotatable bonds is 6. The van der Waals surface area contributed by atoms with Gasteiger partial charge >= 0.3 is 0 Å². The maximum Gasteiger partial charge on any atom is 0.255 e.